The third-order valence-electron chi connectivity index (χ3n) is 6.29. The summed E-state index contributed by atoms with van der Waals surface area (Å²) in [5, 5.41) is 3.05. The Balaban J connectivity index is 1.40. The summed E-state index contributed by atoms with van der Waals surface area (Å²) >= 11 is 0. The lowest BCUT2D eigenvalue weighted by molar-refractivity contribution is -0.135. The smallest absolute Gasteiger partial charge is 0.263 e. The predicted octanol–water partition coefficient (Wildman–Crippen LogP) is 3.24. The number of nitrogens with one attached hydrogen (secondary N) is 1. The number of ether oxygens (including phenoxy) is 1. The summed E-state index contributed by atoms with van der Waals surface area (Å²) in [7, 11) is -3.30. The highest BCUT2D eigenvalue weighted by Crippen LogP contribution is 2.39. The minimum atomic E-state index is -3.30. The number of halogens is 2. The fraction of sp³-hybridized carbons (Fsp3) is 0.478. The maximum Gasteiger partial charge on any atom is 0.263 e. The maximum absolute atomic E-state index is 13.5. The number of carbonyl (C=O) groups is 1. The van der Waals surface area contributed by atoms with Crippen LogP contribution in [0.4, 0.5) is 14.6 Å². The van der Waals surface area contributed by atoms with E-state index in [2.05, 4.69) is 15.2 Å². The minimum Gasteiger partial charge on any atom is -0.478 e. The molecule has 33 heavy (non-hydrogen) atoms. The Labute approximate surface area is 192 Å². The second-order valence-corrected chi connectivity index (χ2v) is 11.3. The Morgan fingerprint density at radius 3 is 2.33 bits per heavy atom. The summed E-state index contributed by atoms with van der Waals surface area (Å²) in [6.07, 6.45) is 5.90. The number of aromatic nitrogens is 1. The van der Waals surface area contributed by atoms with Gasteiger partial charge in [-0.15, -0.1) is 0 Å². The number of sulfone groups is 1. The Kier molecular flexibility index (Phi) is 6.07. The molecule has 2 atom stereocenters. The average Bonchev–Trinajstić information content (AvgIpc) is 3.00. The number of hydrogen-bond acceptors (Lipinski definition) is 6. The second kappa shape index (κ2) is 8.55. The van der Waals surface area contributed by atoms with Gasteiger partial charge in [0.25, 0.3) is 5.91 Å². The third kappa shape index (κ3) is 4.95. The normalized spacial score (nSPS) is 22.8. The van der Waals surface area contributed by atoms with E-state index in [1.807, 2.05) is 0 Å². The number of pyridine rings is 1. The van der Waals surface area contributed by atoms with E-state index >= 15 is 0 Å². The number of fused-ring (bicyclic) bond motifs is 2. The number of benzene rings is 1. The van der Waals surface area contributed by atoms with Crippen molar-refractivity contribution in [1.82, 2.24) is 10.3 Å². The van der Waals surface area contributed by atoms with Gasteiger partial charge in [-0.3, -0.25) is 4.79 Å². The summed E-state index contributed by atoms with van der Waals surface area (Å²) in [6.45, 7) is 3.17. The van der Waals surface area contributed by atoms with Gasteiger partial charge >= 0.3 is 0 Å². The van der Waals surface area contributed by atoms with Crippen LogP contribution in [0.5, 0.6) is 5.75 Å². The number of anilines is 1. The largest absolute Gasteiger partial charge is 0.478 e. The predicted molar refractivity (Wildman–Crippen MR) is 119 cm³/mol. The number of rotatable bonds is 6. The highest BCUT2D eigenvalue weighted by molar-refractivity contribution is 7.90. The van der Waals surface area contributed by atoms with E-state index in [9.17, 15) is 22.0 Å². The highest BCUT2D eigenvalue weighted by atomic mass is 32.2. The first-order chi connectivity index (χ1) is 15.4. The van der Waals surface area contributed by atoms with Gasteiger partial charge in [0.1, 0.15) is 11.6 Å². The van der Waals surface area contributed by atoms with E-state index < -0.39 is 27.1 Å². The Morgan fingerprint density at radius 2 is 1.79 bits per heavy atom. The van der Waals surface area contributed by atoms with Crippen molar-refractivity contribution in [2.24, 2.45) is 0 Å². The molecule has 4 rings (SSSR count). The van der Waals surface area contributed by atoms with Crippen molar-refractivity contribution in [3.8, 4) is 5.75 Å². The van der Waals surface area contributed by atoms with Crippen LogP contribution in [0.15, 0.2) is 41.4 Å². The van der Waals surface area contributed by atoms with Gasteiger partial charge in [-0.25, -0.2) is 22.2 Å². The quantitative estimate of drug-likeness (QED) is 0.685. The molecule has 2 bridgehead atoms. The lowest BCUT2D eigenvalue weighted by Gasteiger charge is -2.40. The van der Waals surface area contributed by atoms with Crippen LogP contribution in [-0.4, -0.2) is 49.3 Å². The number of amides is 1. The molecule has 1 N–H and O–H groups in total. The molecule has 1 aromatic heterocycles. The maximum atomic E-state index is 13.5. The fourth-order valence-corrected chi connectivity index (χ4v) is 5.21. The minimum absolute atomic E-state index is 0.0608. The van der Waals surface area contributed by atoms with Crippen molar-refractivity contribution >= 4 is 21.6 Å². The van der Waals surface area contributed by atoms with Gasteiger partial charge in [-0.05, 0) is 63.8 Å². The lowest BCUT2D eigenvalue weighted by atomic mass is 9.96. The molecule has 0 saturated carbocycles. The molecule has 0 aliphatic carbocycles. The number of nitrogens with zero attached hydrogens (tertiary/aromatic N) is 2. The Morgan fingerprint density at radius 1 is 1.12 bits per heavy atom. The highest BCUT2D eigenvalue weighted by Gasteiger charge is 2.43. The average molecular weight is 480 g/mol. The van der Waals surface area contributed by atoms with Crippen molar-refractivity contribution in [1.29, 1.82) is 0 Å². The Hall–Kier alpha value is -2.75. The second-order valence-electron chi connectivity index (χ2n) is 9.25. The van der Waals surface area contributed by atoms with Crippen LogP contribution in [0.1, 0.15) is 39.5 Å². The zero-order chi connectivity index (χ0) is 24.0. The Bertz CT molecular complexity index is 1140. The number of piperidine rings is 1. The molecule has 2 unspecified atom stereocenters. The van der Waals surface area contributed by atoms with Crippen LogP contribution >= 0.6 is 0 Å². The SMILES string of the molecule is CC(C)(Oc1ccc(F)c(F)c1)C(=O)NC1CC2CCC(C1)N2c1ccc(S(C)(=O)=O)cn1. The molecule has 2 aromatic rings. The molecule has 1 amide bonds. The fourth-order valence-electron chi connectivity index (χ4n) is 4.65. The summed E-state index contributed by atoms with van der Waals surface area (Å²) in [4.78, 5) is 19.7. The first-order valence-electron chi connectivity index (χ1n) is 10.8. The van der Waals surface area contributed by atoms with Gasteiger partial charge in [0.05, 0.1) is 4.90 Å². The van der Waals surface area contributed by atoms with Crippen molar-refractivity contribution in [2.75, 3.05) is 11.2 Å². The van der Waals surface area contributed by atoms with Crippen molar-refractivity contribution in [3.05, 3.63) is 48.2 Å². The van der Waals surface area contributed by atoms with E-state index in [0.717, 1.165) is 49.9 Å². The van der Waals surface area contributed by atoms with Crippen LogP contribution in [0.3, 0.4) is 0 Å². The van der Waals surface area contributed by atoms with Crippen molar-refractivity contribution in [3.63, 3.8) is 0 Å². The molecular weight excluding hydrogens is 452 g/mol. The van der Waals surface area contributed by atoms with Crippen LogP contribution < -0.4 is 15.0 Å². The standard InChI is InChI=1S/C23H27F2N3O4S/c1-23(2,32-17-6-8-19(24)20(25)12-17)22(29)27-14-10-15-4-5-16(11-14)28(15)21-9-7-18(13-26-21)33(3,30)31/h6-9,12-16H,4-5,10-11H2,1-3H3,(H,27,29). The van der Waals surface area contributed by atoms with Gasteiger partial charge in [0.15, 0.2) is 27.1 Å². The van der Waals surface area contributed by atoms with Crippen LogP contribution in [0.25, 0.3) is 0 Å². The molecule has 178 valence electrons. The van der Waals surface area contributed by atoms with Gasteiger partial charge in [-0.2, -0.15) is 0 Å². The van der Waals surface area contributed by atoms with E-state index in [4.69, 9.17) is 4.74 Å². The third-order valence-corrected chi connectivity index (χ3v) is 7.39. The summed E-state index contributed by atoms with van der Waals surface area (Å²) in [6, 6.07) is 6.78. The van der Waals surface area contributed by atoms with Gasteiger partial charge in [0.2, 0.25) is 0 Å². The molecule has 7 nitrogen and oxygen atoms in total. The zero-order valence-corrected chi connectivity index (χ0v) is 19.5. The number of carbonyl (C=O) groups excluding carboxylic acids is 1. The molecule has 0 radical (unpaired) electrons. The monoisotopic (exact) mass is 479 g/mol. The van der Waals surface area contributed by atoms with Crippen LogP contribution in [0, 0.1) is 11.6 Å². The number of hydrogen-bond donors (Lipinski definition) is 1. The van der Waals surface area contributed by atoms with E-state index in [0.29, 0.717) is 0 Å². The molecule has 10 heteroatoms. The topological polar surface area (TPSA) is 88.6 Å². The van der Waals surface area contributed by atoms with Crippen LogP contribution in [0.2, 0.25) is 0 Å². The van der Waals surface area contributed by atoms with E-state index in [1.165, 1.54) is 12.3 Å². The van der Waals surface area contributed by atoms with Gasteiger partial charge in [0, 0.05) is 36.6 Å². The molecule has 0 spiro atoms. The van der Waals surface area contributed by atoms with Crippen LogP contribution in [-0.2, 0) is 14.6 Å². The molecule has 2 aliphatic rings. The molecule has 2 aliphatic heterocycles. The summed E-state index contributed by atoms with van der Waals surface area (Å²) in [5.74, 6) is -1.53. The molecule has 3 heterocycles. The van der Waals surface area contributed by atoms with E-state index in [-0.39, 0.29) is 34.7 Å². The molecular formula is C23H27F2N3O4S. The van der Waals surface area contributed by atoms with Gasteiger partial charge < -0.3 is 15.0 Å². The van der Waals surface area contributed by atoms with E-state index in [1.54, 1.807) is 26.0 Å². The zero-order valence-electron chi connectivity index (χ0n) is 18.7. The molecule has 1 aromatic carbocycles. The first kappa shape index (κ1) is 23.4. The summed E-state index contributed by atoms with van der Waals surface area (Å²) in [5.41, 5.74) is -1.27. The van der Waals surface area contributed by atoms with Crippen molar-refractivity contribution in [2.45, 2.75) is 68.2 Å². The molecule has 2 saturated heterocycles. The van der Waals surface area contributed by atoms with Gasteiger partial charge in [-0.1, -0.05) is 0 Å². The lowest BCUT2D eigenvalue weighted by Crippen LogP contribution is -2.55. The molecule has 2 fully saturated rings. The van der Waals surface area contributed by atoms with Crippen molar-refractivity contribution < 1.29 is 26.7 Å². The first-order valence-corrected chi connectivity index (χ1v) is 12.7. The summed E-state index contributed by atoms with van der Waals surface area (Å²) < 4.78 is 55.7.